The molecule has 0 aliphatic carbocycles. The van der Waals surface area contributed by atoms with Crippen molar-refractivity contribution in [3.8, 4) is 5.75 Å². The summed E-state index contributed by atoms with van der Waals surface area (Å²) in [6.45, 7) is 6.71. The molecule has 1 aromatic carbocycles. The Hall–Kier alpha value is -1.06. The smallest absolute Gasteiger partial charge is 0.119 e. The molecule has 1 aliphatic rings. The summed E-state index contributed by atoms with van der Waals surface area (Å²) in [5.74, 6) is 0.946. The van der Waals surface area contributed by atoms with Crippen LogP contribution in [0.4, 0.5) is 0 Å². The van der Waals surface area contributed by atoms with Gasteiger partial charge in [-0.3, -0.25) is 0 Å². The zero-order chi connectivity index (χ0) is 11.9. The first kappa shape index (κ1) is 12.4. The molecule has 2 rings (SSSR count). The van der Waals surface area contributed by atoms with Crippen LogP contribution in [0, 0.1) is 6.07 Å². The second-order valence-corrected chi connectivity index (χ2v) is 4.58. The Morgan fingerprint density at radius 1 is 1.18 bits per heavy atom. The van der Waals surface area contributed by atoms with Crippen molar-refractivity contribution in [3.63, 3.8) is 0 Å². The van der Waals surface area contributed by atoms with Crippen LogP contribution in [0.5, 0.6) is 5.75 Å². The minimum atomic E-state index is 0.802. The van der Waals surface area contributed by atoms with Crippen molar-refractivity contribution in [1.29, 1.82) is 0 Å². The first-order chi connectivity index (χ1) is 8.34. The van der Waals surface area contributed by atoms with Crippen LogP contribution in [0.3, 0.4) is 0 Å². The average Bonchev–Trinajstić information content (AvgIpc) is 2.38. The quantitative estimate of drug-likeness (QED) is 0.717. The van der Waals surface area contributed by atoms with E-state index in [1.807, 2.05) is 24.3 Å². The van der Waals surface area contributed by atoms with Gasteiger partial charge in [-0.1, -0.05) is 12.1 Å². The Kier molecular flexibility index (Phi) is 4.83. The van der Waals surface area contributed by atoms with E-state index in [1.165, 1.54) is 26.2 Å². The lowest BCUT2D eigenvalue weighted by Gasteiger charge is -2.32. The van der Waals surface area contributed by atoms with Crippen LogP contribution in [0.15, 0.2) is 24.3 Å². The van der Waals surface area contributed by atoms with Gasteiger partial charge in [0.05, 0.1) is 6.61 Å². The largest absolute Gasteiger partial charge is 0.494 e. The third-order valence-electron chi connectivity index (χ3n) is 3.17. The minimum Gasteiger partial charge on any atom is -0.494 e. The maximum atomic E-state index is 5.66. The van der Waals surface area contributed by atoms with Crippen LogP contribution in [0.25, 0.3) is 0 Å². The van der Waals surface area contributed by atoms with Crippen LogP contribution in [0.1, 0.15) is 6.42 Å². The van der Waals surface area contributed by atoms with E-state index in [-0.39, 0.29) is 0 Å². The van der Waals surface area contributed by atoms with Crippen LogP contribution >= 0.6 is 0 Å². The van der Waals surface area contributed by atoms with E-state index in [4.69, 9.17) is 4.74 Å². The number of hydrogen-bond donors (Lipinski definition) is 0. The second-order valence-electron chi connectivity index (χ2n) is 4.58. The summed E-state index contributed by atoms with van der Waals surface area (Å²) in [7, 11) is 2.19. The van der Waals surface area contributed by atoms with Gasteiger partial charge in [0.2, 0.25) is 0 Å². The predicted octanol–water partition coefficient (Wildman–Crippen LogP) is 1.50. The standard InChI is InChI=1S/C14H21N2O/c1-15-9-11-16(12-10-15)8-5-13-17-14-6-3-2-4-7-14/h3-4,6-7H,5,8-13H2,1H3. The molecule has 1 heterocycles. The van der Waals surface area contributed by atoms with Crippen LogP contribution in [0.2, 0.25) is 0 Å². The average molecular weight is 233 g/mol. The maximum absolute atomic E-state index is 5.66. The van der Waals surface area contributed by atoms with E-state index in [0.29, 0.717) is 0 Å². The van der Waals surface area contributed by atoms with E-state index in [2.05, 4.69) is 22.9 Å². The van der Waals surface area contributed by atoms with Gasteiger partial charge < -0.3 is 14.5 Å². The molecule has 1 fully saturated rings. The van der Waals surface area contributed by atoms with Crippen molar-refractivity contribution < 1.29 is 4.74 Å². The van der Waals surface area contributed by atoms with E-state index < -0.39 is 0 Å². The summed E-state index contributed by atoms with van der Waals surface area (Å²) in [4.78, 5) is 4.90. The Bertz CT molecular complexity index is 307. The molecule has 1 saturated heterocycles. The first-order valence-corrected chi connectivity index (χ1v) is 6.34. The molecule has 0 amide bonds. The van der Waals surface area contributed by atoms with Gasteiger partial charge in [-0.2, -0.15) is 0 Å². The molecule has 0 unspecified atom stereocenters. The number of rotatable bonds is 5. The summed E-state index contributed by atoms with van der Waals surface area (Å²) in [5.41, 5.74) is 0. The Morgan fingerprint density at radius 3 is 2.59 bits per heavy atom. The molecule has 3 nitrogen and oxygen atoms in total. The molecule has 0 bridgehead atoms. The molecule has 93 valence electrons. The second kappa shape index (κ2) is 6.62. The van der Waals surface area contributed by atoms with E-state index in [0.717, 1.165) is 25.3 Å². The number of nitrogens with zero attached hydrogens (tertiary/aromatic N) is 2. The maximum Gasteiger partial charge on any atom is 0.119 e. The van der Waals surface area contributed by atoms with E-state index >= 15 is 0 Å². The van der Waals surface area contributed by atoms with Gasteiger partial charge in [-0.15, -0.1) is 0 Å². The summed E-state index contributed by atoms with van der Waals surface area (Å²) in [6, 6.07) is 10.7. The number of hydrogen-bond acceptors (Lipinski definition) is 3. The first-order valence-electron chi connectivity index (χ1n) is 6.34. The van der Waals surface area contributed by atoms with Gasteiger partial charge in [0.15, 0.2) is 0 Å². The highest BCUT2D eigenvalue weighted by Gasteiger charge is 2.12. The molecule has 0 atom stereocenters. The zero-order valence-corrected chi connectivity index (χ0v) is 10.6. The van der Waals surface area contributed by atoms with E-state index in [9.17, 15) is 0 Å². The predicted molar refractivity (Wildman–Crippen MR) is 69.3 cm³/mol. The minimum absolute atomic E-state index is 0.802. The highest BCUT2D eigenvalue weighted by Crippen LogP contribution is 2.08. The molecule has 0 spiro atoms. The fourth-order valence-corrected chi connectivity index (χ4v) is 2.02. The normalized spacial score (nSPS) is 18.2. The number of ether oxygens (including phenoxy) is 1. The molecule has 1 aromatic rings. The fourth-order valence-electron chi connectivity index (χ4n) is 2.02. The summed E-state index contributed by atoms with van der Waals surface area (Å²) >= 11 is 0. The SMILES string of the molecule is CN1CCN(CCCOc2cc[c]cc2)CC1. The topological polar surface area (TPSA) is 15.7 Å². The van der Waals surface area contributed by atoms with Gasteiger partial charge in [0, 0.05) is 32.7 Å². The third-order valence-corrected chi connectivity index (χ3v) is 3.17. The summed E-state index contributed by atoms with van der Waals surface area (Å²) in [5, 5.41) is 0. The van der Waals surface area contributed by atoms with Crippen LogP contribution in [-0.2, 0) is 0 Å². The van der Waals surface area contributed by atoms with Crippen molar-refractivity contribution in [3.05, 3.63) is 30.3 Å². The molecule has 1 radical (unpaired) electrons. The van der Waals surface area contributed by atoms with Crippen molar-refractivity contribution >= 4 is 0 Å². The lowest BCUT2D eigenvalue weighted by atomic mass is 10.3. The number of benzene rings is 1. The van der Waals surface area contributed by atoms with Gasteiger partial charge >= 0.3 is 0 Å². The van der Waals surface area contributed by atoms with Crippen molar-refractivity contribution in [2.75, 3.05) is 46.4 Å². The summed E-state index contributed by atoms with van der Waals surface area (Å²) in [6.07, 6.45) is 1.10. The zero-order valence-electron chi connectivity index (χ0n) is 10.6. The Morgan fingerprint density at radius 2 is 1.88 bits per heavy atom. The van der Waals surface area contributed by atoms with Crippen LogP contribution < -0.4 is 4.74 Å². The van der Waals surface area contributed by atoms with E-state index in [1.54, 1.807) is 0 Å². The lowest BCUT2D eigenvalue weighted by molar-refractivity contribution is 0.145. The summed E-state index contributed by atoms with van der Waals surface area (Å²) < 4.78 is 5.66. The molecule has 17 heavy (non-hydrogen) atoms. The highest BCUT2D eigenvalue weighted by molar-refractivity contribution is 5.20. The van der Waals surface area contributed by atoms with Crippen molar-refractivity contribution in [1.82, 2.24) is 9.80 Å². The van der Waals surface area contributed by atoms with Gasteiger partial charge in [0.25, 0.3) is 0 Å². The molecular formula is C14H21N2O. The van der Waals surface area contributed by atoms with Gasteiger partial charge in [0.1, 0.15) is 5.75 Å². The van der Waals surface area contributed by atoms with Crippen LogP contribution in [-0.4, -0.2) is 56.2 Å². The molecule has 0 N–H and O–H groups in total. The van der Waals surface area contributed by atoms with Gasteiger partial charge in [-0.25, -0.2) is 0 Å². The van der Waals surface area contributed by atoms with Gasteiger partial charge in [-0.05, 0) is 31.7 Å². The molecule has 0 saturated carbocycles. The Balaban J connectivity index is 1.57. The third kappa shape index (κ3) is 4.36. The fraction of sp³-hybridized carbons (Fsp3) is 0.571. The number of piperazine rings is 1. The monoisotopic (exact) mass is 233 g/mol. The highest BCUT2D eigenvalue weighted by atomic mass is 16.5. The van der Waals surface area contributed by atoms with Crippen molar-refractivity contribution in [2.24, 2.45) is 0 Å². The lowest BCUT2D eigenvalue weighted by Crippen LogP contribution is -2.44. The molecule has 0 aromatic heterocycles. The Labute approximate surface area is 104 Å². The molecule has 1 aliphatic heterocycles. The molecule has 3 heteroatoms. The number of likely N-dealkylation sites (N-methyl/N-ethyl adjacent to an activating group) is 1. The molecular weight excluding hydrogens is 212 g/mol. The van der Waals surface area contributed by atoms with Crippen molar-refractivity contribution in [2.45, 2.75) is 6.42 Å².